The van der Waals surface area contributed by atoms with Crippen molar-refractivity contribution in [1.82, 2.24) is 10.2 Å². The lowest BCUT2D eigenvalue weighted by atomic mass is 10.1. The summed E-state index contributed by atoms with van der Waals surface area (Å²) in [6.45, 7) is 4.29. The molecule has 3 rings (SSSR count). The first-order chi connectivity index (χ1) is 13.8. The lowest BCUT2D eigenvalue weighted by molar-refractivity contribution is -0.125. The summed E-state index contributed by atoms with van der Waals surface area (Å²) in [4.78, 5) is 27.0. The molecule has 8 heteroatoms. The molecule has 2 N–H and O–H groups in total. The third-order valence-electron chi connectivity index (χ3n) is 4.68. The second-order valence-corrected chi connectivity index (χ2v) is 9.00. The molecule has 0 aliphatic carbocycles. The van der Waals surface area contributed by atoms with Crippen molar-refractivity contribution in [2.24, 2.45) is 0 Å². The maximum atomic E-state index is 12.9. The topological polar surface area (TPSA) is 95.6 Å². The van der Waals surface area contributed by atoms with Crippen molar-refractivity contribution in [3.63, 3.8) is 0 Å². The quantitative estimate of drug-likeness (QED) is 0.758. The first-order valence-electron chi connectivity index (χ1n) is 9.57. The van der Waals surface area contributed by atoms with E-state index < -0.39 is 16.1 Å². The van der Waals surface area contributed by atoms with E-state index in [-0.39, 0.29) is 22.8 Å². The molecule has 0 saturated carbocycles. The van der Waals surface area contributed by atoms with Gasteiger partial charge in [0.05, 0.1) is 4.90 Å². The van der Waals surface area contributed by atoms with Gasteiger partial charge in [-0.15, -0.1) is 0 Å². The number of carbonyl (C=O) groups is 2. The van der Waals surface area contributed by atoms with Gasteiger partial charge in [0.2, 0.25) is 5.91 Å². The van der Waals surface area contributed by atoms with Gasteiger partial charge in [0, 0.05) is 23.8 Å². The molecule has 0 aromatic heterocycles. The highest BCUT2D eigenvalue weighted by atomic mass is 32.2. The largest absolute Gasteiger partial charge is 0.352 e. The average Bonchev–Trinajstić information content (AvgIpc) is 3.18. The predicted octanol–water partition coefficient (Wildman–Crippen LogP) is 2.62. The molecule has 1 saturated heterocycles. The summed E-state index contributed by atoms with van der Waals surface area (Å²) in [5.41, 5.74) is 0.776. The summed E-state index contributed by atoms with van der Waals surface area (Å²) >= 11 is 0. The molecule has 154 valence electrons. The van der Waals surface area contributed by atoms with E-state index >= 15 is 0 Å². The highest BCUT2D eigenvalue weighted by Gasteiger charge is 2.34. The number of likely N-dealkylation sites (tertiary alicyclic amines) is 1. The molecule has 1 aliphatic rings. The van der Waals surface area contributed by atoms with Gasteiger partial charge in [-0.05, 0) is 63.1 Å². The minimum Gasteiger partial charge on any atom is -0.352 e. The molecule has 1 fully saturated rings. The van der Waals surface area contributed by atoms with Crippen LogP contribution < -0.4 is 10.0 Å². The average molecular weight is 416 g/mol. The molecule has 2 aromatic carbocycles. The zero-order chi connectivity index (χ0) is 21.0. The van der Waals surface area contributed by atoms with Crippen LogP contribution in [0.3, 0.4) is 0 Å². The zero-order valence-electron chi connectivity index (χ0n) is 16.5. The molecule has 1 atom stereocenters. The van der Waals surface area contributed by atoms with Gasteiger partial charge in [0.25, 0.3) is 15.9 Å². The molecule has 0 bridgehead atoms. The number of benzene rings is 2. The minimum absolute atomic E-state index is 0.0111. The normalized spacial score (nSPS) is 16.7. The number of carbonyl (C=O) groups excluding carboxylic acids is 2. The van der Waals surface area contributed by atoms with Gasteiger partial charge in [-0.3, -0.25) is 14.3 Å². The van der Waals surface area contributed by atoms with Crippen LogP contribution in [0, 0.1) is 0 Å². The smallest absolute Gasteiger partial charge is 0.261 e. The Morgan fingerprint density at radius 3 is 2.31 bits per heavy atom. The van der Waals surface area contributed by atoms with Crippen molar-refractivity contribution in [2.75, 3.05) is 11.3 Å². The summed E-state index contributed by atoms with van der Waals surface area (Å²) in [6.07, 6.45) is 1.41. The SMILES string of the molecule is CC(C)NC(=O)[C@@H]1CCCN1C(=O)c1ccc(NS(=O)(=O)c2ccccc2)cc1. The van der Waals surface area contributed by atoms with Crippen molar-refractivity contribution in [1.29, 1.82) is 0 Å². The monoisotopic (exact) mass is 415 g/mol. The van der Waals surface area contributed by atoms with Crippen LogP contribution in [0.15, 0.2) is 59.5 Å². The maximum absolute atomic E-state index is 12.9. The van der Waals surface area contributed by atoms with E-state index in [4.69, 9.17) is 0 Å². The summed E-state index contributed by atoms with van der Waals surface area (Å²) in [7, 11) is -3.69. The van der Waals surface area contributed by atoms with Gasteiger partial charge >= 0.3 is 0 Å². The molecule has 7 nitrogen and oxygen atoms in total. The van der Waals surface area contributed by atoms with Crippen molar-refractivity contribution in [2.45, 2.75) is 43.7 Å². The predicted molar refractivity (Wildman–Crippen MR) is 111 cm³/mol. The van der Waals surface area contributed by atoms with E-state index in [2.05, 4.69) is 10.0 Å². The van der Waals surface area contributed by atoms with Crippen LogP contribution in [0.1, 0.15) is 37.0 Å². The summed E-state index contributed by atoms with van der Waals surface area (Å²) in [6, 6.07) is 13.8. The first-order valence-corrected chi connectivity index (χ1v) is 11.1. The Morgan fingerprint density at radius 1 is 1.03 bits per heavy atom. The number of nitrogens with one attached hydrogen (secondary N) is 2. The molecule has 0 unspecified atom stereocenters. The van der Waals surface area contributed by atoms with Crippen molar-refractivity contribution >= 4 is 27.5 Å². The van der Waals surface area contributed by atoms with Gasteiger partial charge in [-0.2, -0.15) is 0 Å². The van der Waals surface area contributed by atoms with Crippen LogP contribution in [-0.4, -0.2) is 43.8 Å². The number of nitrogens with zero attached hydrogens (tertiary/aromatic N) is 1. The van der Waals surface area contributed by atoms with Crippen LogP contribution in [0.25, 0.3) is 0 Å². The second kappa shape index (κ2) is 8.65. The van der Waals surface area contributed by atoms with Gasteiger partial charge in [-0.25, -0.2) is 8.42 Å². The zero-order valence-corrected chi connectivity index (χ0v) is 17.3. The number of sulfonamides is 1. The Balaban J connectivity index is 1.71. The lowest BCUT2D eigenvalue weighted by Crippen LogP contribution is -2.47. The van der Waals surface area contributed by atoms with E-state index in [0.717, 1.165) is 6.42 Å². The lowest BCUT2D eigenvalue weighted by Gasteiger charge is -2.25. The first kappa shape index (κ1) is 20.9. The molecule has 2 aromatic rings. The maximum Gasteiger partial charge on any atom is 0.261 e. The van der Waals surface area contributed by atoms with E-state index in [0.29, 0.717) is 24.2 Å². The fourth-order valence-electron chi connectivity index (χ4n) is 3.32. The highest BCUT2D eigenvalue weighted by molar-refractivity contribution is 7.92. The van der Waals surface area contributed by atoms with E-state index in [1.807, 2.05) is 13.8 Å². The van der Waals surface area contributed by atoms with Gasteiger partial charge in [0.15, 0.2) is 0 Å². The number of hydrogen-bond donors (Lipinski definition) is 2. The van der Waals surface area contributed by atoms with Crippen molar-refractivity contribution < 1.29 is 18.0 Å². The van der Waals surface area contributed by atoms with Gasteiger partial charge < -0.3 is 10.2 Å². The molecular formula is C21H25N3O4S. The molecule has 2 amide bonds. The van der Waals surface area contributed by atoms with E-state index in [9.17, 15) is 18.0 Å². The van der Waals surface area contributed by atoms with E-state index in [1.165, 1.54) is 12.1 Å². The number of hydrogen-bond acceptors (Lipinski definition) is 4. The highest BCUT2D eigenvalue weighted by Crippen LogP contribution is 2.22. The van der Waals surface area contributed by atoms with Crippen LogP contribution in [0.4, 0.5) is 5.69 Å². The fourth-order valence-corrected chi connectivity index (χ4v) is 4.40. The summed E-state index contributed by atoms with van der Waals surface area (Å²) < 4.78 is 27.3. The van der Waals surface area contributed by atoms with Crippen LogP contribution >= 0.6 is 0 Å². The molecule has 1 heterocycles. The number of rotatable bonds is 6. The van der Waals surface area contributed by atoms with Crippen molar-refractivity contribution in [3.05, 3.63) is 60.2 Å². The Morgan fingerprint density at radius 2 is 1.69 bits per heavy atom. The Bertz CT molecular complexity index is 973. The molecule has 0 radical (unpaired) electrons. The van der Waals surface area contributed by atoms with Gasteiger partial charge in [-0.1, -0.05) is 18.2 Å². The number of anilines is 1. The molecule has 29 heavy (non-hydrogen) atoms. The van der Waals surface area contributed by atoms with E-state index in [1.54, 1.807) is 47.4 Å². The summed E-state index contributed by atoms with van der Waals surface area (Å²) in [5.74, 6) is -0.373. The van der Waals surface area contributed by atoms with Crippen molar-refractivity contribution in [3.8, 4) is 0 Å². The van der Waals surface area contributed by atoms with Crippen LogP contribution in [0.5, 0.6) is 0 Å². The summed E-state index contributed by atoms with van der Waals surface area (Å²) in [5, 5.41) is 2.86. The fraction of sp³-hybridized carbons (Fsp3) is 0.333. The third-order valence-corrected chi connectivity index (χ3v) is 6.08. The standard InChI is InChI=1S/C21H25N3O4S/c1-15(2)22-20(25)19-9-6-14-24(19)21(26)16-10-12-17(13-11-16)23-29(27,28)18-7-4-3-5-8-18/h3-5,7-8,10-13,15,19,23H,6,9,14H2,1-2H3,(H,22,25)/t19-/m0/s1. The number of amides is 2. The van der Waals surface area contributed by atoms with Crippen LogP contribution in [0.2, 0.25) is 0 Å². The Hall–Kier alpha value is -2.87. The molecule has 1 aliphatic heterocycles. The minimum atomic E-state index is -3.69. The second-order valence-electron chi connectivity index (χ2n) is 7.32. The Labute approximate surface area is 171 Å². The van der Waals surface area contributed by atoms with Gasteiger partial charge in [0.1, 0.15) is 6.04 Å². The molecular weight excluding hydrogens is 390 g/mol. The Kier molecular flexibility index (Phi) is 6.22. The third kappa shape index (κ3) is 4.95. The molecule has 0 spiro atoms. The van der Waals surface area contributed by atoms with Crippen LogP contribution in [-0.2, 0) is 14.8 Å².